The summed E-state index contributed by atoms with van der Waals surface area (Å²) in [5.74, 6) is 2.31. The topological polar surface area (TPSA) is 38.1 Å². The molecule has 3 nitrogen and oxygen atoms in total. The van der Waals surface area contributed by atoms with Gasteiger partial charge in [0.1, 0.15) is 0 Å². The van der Waals surface area contributed by atoms with Crippen molar-refractivity contribution < 1.29 is 4.42 Å². The van der Waals surface area contributed by atoms with Crippen LogP contribution >= 0.6 is 0 Å². The number of aryl methyl sites for hydroxylation is 2. The van der Waals surface area contributed by atoms with Gasteiger partial charge in [0.05, 0.1) is 5.69 Å². The quantitative estimate of drug-likeness (QED) is 0.894. The van der Waals surface area contributed by atoms with E-state index >= 15 is 0 Å². The highest BCUT2D eigenvalue weighted by Gasteiger charge is 2.22. The molecule has 0 saturated carbocycles. The van der Waals surface area contributed by atoms with Gasteiger partial charge in [0.2, 0.25) is 0 Å². The summed E-state index contributed by atoms with van der Waals surface area (Å²) >= 11 is 0. The first kappa shape index (κ1) is 12.4. The van der Waals surface area contributed by atoms with Crippen LogP contribution in [0.3, 0.4) is 0 Å². The molecule has 3 rings (SSSR count). The molecule has 1 N–H and O–H groups in total. The minimum Gasteiger partial charge on any atom is -0.440 e. The molecule has 0 radical (unpaired) electrons. The summed E-state index contributed by atoms with van der Waals surface area (Å²) in [6, 6.07) is 8.44. The van der Waals surface area contributed by atoms with Crippen LogP contribution < -0.4 is 5.32 Å². The molecule has 2 aromatic rings. The van der Waals surface area contributed by atoms with E-state index in [4.69, 9.17) is 4.42 Å². The van der Waals surface area contributed by atoms with Gasteiger partial charge in [0.15, 0.2) is 11.7 Å². The van der Waals surface area contributed by atoms with Crippen LogP contribution in [0.4, 0.5) is 0 Å². The molecule has 0 amide bonds. The first-order chi connectivity index (χ1) is 9.24. The molecule has 1 saturated heterocycles. The number of nitrogens with zero attached hydrogens (tertiary/aromatic N) is 1. The molecule has 0 spiro atoms. The molecule has 1 aliphatic rings. The van der Waals surface area contributed by atoms with Crippen LogP contribution in [0.1, 0.15) is 35.9 Å². The third-order valence-electron chi connectivity index (χ3n) is 3.82. The number of piperidine rings is 1. The van der Waals surface area contributed by atoms with Crippen LogP contribution in [0, 0.1) is 13.8 Å². The maximum atomic E-state index is 6.04. The van der Waals surface area contributed by atoms with Crippen LogP contribution in [0.2, 0.25) is 0 Å². The van der Waals surface area contributed by atoms with Crippen molar-refractivity contribution in [2.45, 2.75) is 32.6 Å². The Kier molecular flexibility index (Phi) is 3.38. The van der Waals surface area contributed by atoms with E-state index < -0.39 is 0 Å². The zero-order valence-electron chi connectivity index (χ0n) is 11.6. The molecule has 1 aromatic heterocycles. The third-order valence-corrected chi connectivity index (χ3v) is 3.82. The largest absolute Gasteiger partial charge is 0.440 e. The number of oxazole rings is 1. The average Bonchev–Trinajstić information content (AvgIpc) is 2.83. The van der Waals surface area contributed by atoms with Gasteiger partial charge in [-0.15, -0.1) is 0 Å². The zero-order valence-corrected chi connectivity index (χ0v) is 11.6. The standard InChI is InChI=1S/C16H20N2O/c1-11-3-5-13(6-4-11)15-12(2)18-16(19-15)14-7-9-17-10-8-14/h3-6,14,17H,7-10H2,1-2H3. The summed E-state index contributed by atoms with van der Waals surface area (Å²) in [5.41, 5.74) is 3.38. The molecule has 0 aliphatic carbocycles. The second kappa shape index (κ2) is 5.17. The Balaban J connectivity index is 1.90. The molecule has 19 heavy (non-hydrogen) atoms. The molecular formula is C16H20N2O. The predicted octanol–water partition coefficient (Wildman–Crippen LogP) is 3.43. The highest BCUT2D eigenvalue weighted by atomic mass is 16.4. The highest BCUT2D eigenvalue weighted by molar-refractivity contribution is 5.60. The monoisotopic (exact) mass is 256 g/mol. The minimum atomic E-state index is 0.471. The average molecular weight is 256 g/mol. The summed E-state index contributed by atoms with van der Waals surface area (Å²) in [7, 11) is 0. The van der Waals surface area contributed by atoms with Crippen LogP contribution in [-0.2, 0) is 0 Å². The summed E-state index contributed by atoms with van der Waals surface area (Å²) in [6.45, 7) is 6.25. The van der Waals surface area contributed by atoms with Gasteiger partial charge in [-0.05, 0) is 39.8 Å². The second-order valence-corrected chi connectivity index (χ2v) is 5.36. The van der Waals surface area contributed by atoms with E-state index in [0.717, 1.165) is 48.8 Å². The molecule has 1 aromatic carbocycles. The normalized spacial score (nSPS) is 16.7. The van der Waals surface area contributed by atoms with Crippen molar-refractivity contribution in [1.29, 1.82) is 0 Å². The fourth-order valence-electron chi connectivity index (χ4n) is 2.63. The summed E-state index contributed by atoms with van der Waals surface area (Å²) in [5, 5.41) is 3.37. The molecule has 3 heteroatoms. The molecule has 100 valence electrons. The lowest BCUT2D eigenvalue weighted by Gasteiger charge is -2.19. The lowest BCUT2D eigenvalue weighted by atomic mass is 9.98. The van der Waals surface area contributed by atoms with Crippen molar-refractivity contribution >= 4 is 0 Å². The van der Waals surface area contributed by atoms with E-state index in [-0.39, 0.29) is 0 Å². The smallest absolute Gasteiger partial charge is 0.198 e. The maximum Gasteiger partial charge on any atom is 0.198 e. The molecule has 1 aliphatic heterocycles. The molecule has 0 atom stereocenters. The van der Waals surface area contributed by atoms with Crippen LogP contribution in [0.5, 0.6) is 0 Å². The SMILES string of the molecule is Cc1ccc(-c2oc(C3CCNCC3)nc2C)cc1. The fourth-order valence-corrected chi connectivity index (χ4v) is 2.63. The van der Waals surface area contributed by atoms with Crippen molar-refractivity contribution in [3.8, 4) is 11.3 Å². The molecule has 1 fully saturated rings. The van der Waals surface area contributed by atoms with Gasteiger partial charge in [-0.1, -0.05) is 29.8 Å². The maximum absolute atomic E-state index is 6.04. The minimum absolute atomic E-state index is 0.471. The number of aromatic nitrogens is 1. The van der Waals surface area contributed by atoms with Crippen molar-refractivity contribution in [3.05, 3.63) is 41.4 Å². The fraction of sp³-hybridized carbons (Fsp3) is 0.438. The molecule has 2 heterocycles. The third kappa shape index (κ3) is 2.56. The van der Waals surface area contributed by atoms with E-state index in [2.05, 4.69) is 41.5 Å². The number of benzene rings is 1. The van der Waals surface area contributed by atoms with Gasteiger partial charge in [-0.3, -0.25) is 0 Å². The molecular weight excluding hydrogens is 236 g/mol. The van der Waals surface area contributed by atoms with Crippen molar-refractivity contribution in [1.82, 2.24) is 10.3 Å². The van der Waals surface area contributed by atoms with Gasteiger partial charge >= 0.3 is 0 Å². The first-order valence-corrected chi connectivity index (χ1v) is 6.99. The Morgan fingerprint density at radius 1 is 1.11 bits per heavy atom. The van der Waals surface area contributed by atoms with Gasteiger partial charge in [0.25, 0.3) is 0 Å². The van der Waals surface area contributed by atoms with Crippen molar-refractivity contribution in [2.75, 3.05) is 13.1 Å². The number of rotatable bonds is 2. The first-order valence-electron chi connectivity index (χ1n) is 6.99. The zero-order chi connectivity index (χ0) is 13.2. The predicted molar refractivity (Wildman–Crippen MR) is 76.3 cm³/mol. The number of hydrogen-bond donors (Lipinski definition) is 1. The Morgan fingerprint density at radius 3 is 2.47 bits per heavy atom. The Morgan fingerprint density at radius 2 is 1.79 bits per heavy atom. The van der Waals surface area contributed by atoms with E-state index in [0.29, 0.717) is 5.92 Å². The Hall–Kier alpha value is -1.61. The molecule has 0 bridgehead atoms. The summed E-state index contributed by atoms with van der Waals surface area (Å²) in [4.78, 5) is 4.64. The van der Waals surface area contributed by atoms with Gasteiger partial charge in [0, 0.05) is 11.5 Å². The number of hydrogen-bond acceptors (Lipinski definition) is 3. The van der Waals surface area contributed by atoms with E-state index in [1.165, 1.54) is 5.56 Å². The van der Waals surface area contributed by atoms with Crippen molar-refractivity contribution in [2.24, 2.45) is 0 Å². The van der Waals surface area contributed by atoms with Crippen molar-refractivity contribution in [3.63, 3.8) is 0 Å². The number of nitrogens with one attached hydrogen (secondary N) is 1. The Bertz CT molecular complexity index is 551. The van der Waals surface area contributed by atoms with Gasteiger partial charge < -0.3 is 9.73 Å². The van der Waals surface area contributed by atoms with Crippen LogP contribution in [0.25, 0.3) is 11.3 Å². The van der Waals surface area contributed by atoms with Gasteiger partial charge in [-0.2, -0.15) is 0 Å². The van der Waals surface area contributed by atoms with Gasteiger partial charge in [-0.25, -0.2) is 4.98 Å². The lowest BCUT2D eigenvalue weighted by molar-refractivity contribution is 0.378. The lowest BCUT2D eigenvalue weighted by Crippen LogP contribution is -2.26. The second-order valence-electron chi connectivity index (χ2n) is 5.36. The highest BCUT2D eigenvalue weighted by Crippen LogP contribution is 2.31. The van der Waals surface area contributed by atoms with Crippen LogP contribution in [0.15, 0.2) is 28.7 Å². The van der Waals surface area contributed by atoms with Crippen LogP contribution in [-0.4, -0.2) is 18.1 Å². The molecule has 0 unspecified atom stereocenters. The summed E-state index contributed by atoms with van der Waals surface area (Å²) < 4.78 is 6.04. The Labute approximate surface area is 114 Å². The van der Waals surface area contributed by atoms with E-state index in [1.54, 1.807) is 0 Å². The van der Waals surface area contributed by atoms with E-state index in [1.807, 2.05) is 6.92 Å². The summed E-state index contributed by atoms with van der Waals surface area (Å²) in [6.07, 6.45) is 2.24. The van der Waals surface area contributed by atoms with E-state index in [9.17, 15) is 0 Å².